The van der Waals surface area contributed by atoms with E-state index in [9.17, 15) is 0 Å². The van der Waals surface area contributed by atoms with E-state index in [0.717, 1.165) is 49.6 Å². The molecule has 20 rings (SSSR count). The molecule has 0 radical (unpaired) electrons. The zero-order valence-electron chi connectivity index (χ0n) is 51.3. The number of furan rings is 2. The largest absolute Gasteiger partial charge is 0.455 e. The van der Waals surface area contributed by atoms with Gasteiger partial charge in [0.05, 0.1) is 0 Å². The minimum Gasteiger partial charge on any atom is -0.455 e. The van der Waals surface area contributed by atoms with Crippen LogP contribution in [0, 0.1) is 0 Å². The fourth-order valence-corrected chi connectivity index (χ4v) is 16.0. The van der Waals surface area contributed by atoms with Crippen molar-refractivity contribution >= 4 is 119 Å². The molecule has 0 saturated carbocycles. The van der Waals surface area contributed by atoms with Gasteiger partial charge in [-0.05, 0) is 185 Å². The Hall–Kier alpha value is -11.8. The van der Waals surface area contributed by atoms with Gasteiger partial charge in [0, 0.05) is 38.1 Å². The number of para-hydroxylation sites is 2. The fraction of sp³-hybridized carbons (Fsp3) is 0.0330. The van der Waals surface area contributed by atoms with Crippen molar-refractivity contribution in [3.63, 3.8) is 0 Å². The van der Waals surface area contributed by atoms with Crippen LogP contribution in [0.4, 0.5) is 0 Å². The molecule has 17 aromatic carbocycles. The van der Waals surface area contributed by atoms with E-state index < -0.39 is 0 Å². The van der Waals surface area contributed by atoms with E-state index in [-0.39, 0.29) is 5.41 Å². The van der Waals surface area contributed by atoms with Crippen LogP contribution >= 0.6 is 0 Å². The lowest BCUT2D eigenvalue weighted by Crippen LogP contribution is -2.15. The minimum absolute atomic E-state index is 0.162. The Labute approximate surface area is 537 Å². The maximum Gasteiger partial charge on any atom is 0.144 e. The first-order valence-corrected chi connectivity index (χ1v) is 32.3. The Bertz CT molecular complexity index is 6230. The highest BCUT2D eigenvalue weighted by Crippen LogP contribution is 2.57. The summed E-state index contributed by atoms with van der Waals surface area (Å²) < 4.78 is 13.6. The predicted molar refractivity (Wildman–Crippen MR) is 395 cm³/mol. The highest BCUT2D eigenvalue weighted by Gasteiger charge is 2.39. The van der Waals surface area contributed by atoms with Gasteiger partial charge in [-0.3, -0.25) is 0 Å². The Kier molecular flexibility index (Phi) is 11.7. The van der Waals surface area contributed by atoms with Gasteiger partial charge >= 0.3 is 0 Å². The molecule has 0 atom stereocenters. The number of rotatable bonds is 5. The van der Waals surface area contributed by atoms with Gasteiger partial charge < -0.3 is 8.83 Å². The first-order chi connectivity index (χ1) is 45.9. The highest BCUT2D eigenvalue weighted by molar-refractivity contribution is 6.29. The summed E-state index contributed by atoms with van der Waals surface area (Å²) in [4.78, 5) is 0. The van der Waals surface area contributed by atoms with Crippen LogP contribution in [-0.2, 0) is 5.41 Å². The maximum atomic E-state index is 6.87. The average Bonchev–Trinajstić information content (AvgIpc) is 1.63. The SMILES string of the molecule is CC1(C)c2ccccc2-c2c1cc(-c1c3ccccc3c(-c3ccc4ccccc4c3)c3ccccc13)c1c2oc2ccccc21.c1ccc2cc(-c3c4ccccc4c(-c4ccc(-c5ccc6ccccc6c5)c5oc6ccccc6c45)c4ccccc34)ccc2c1. The molecule has 434 valence electrons. The molecular weight excluding hydrogens is 1120 g/mol. The van der Waals surface area contributed by atoms with Crippen molar-refractivity contribution in [3.05, 3.63) is 327 Å². The van der Waals surface area contributed by atoms with Gasteiger partial charge in [-0.2, -0.15) is 0 Å². The van der Waals surface area contributed by atoms with E-state index in [2.05, 4.69) is 329 Å². The van der Waals surface area contributed by atoms with E-state index in [1.165, 1.54) is 148 Å². The molecule has 2 nitrogen and oxygen atoms in total. The molecule has 2 heterocycles. The van der Waals surface area contributed by atoms with Crippen LogP contribution in [0.1, 0.15) is 25.0 Å². The summed E-state index contributed by atoms with van der Waals surface area (Å²) in [5.74, 6) is 0. The van der Waals surface area contributed by atoms with E-state index in [1.54, 1.807) is 0 Å². The molecule has 0 saturated heterocycles. The number of benzene rings is 17. The van der Waals surface area contributed by atoms with Gasteiger partial charge in [0.2, 0.25) is 0 Å². The zero-order chi connectivity index (χ0) is 61.5. The molecule has 0 aliphatic heterocycles. The molecule has 0 fully saturated rings. The molecule has 0 unspecified atom stereocenters. The van der Waals surface area contributed by atoms with Crippen LogP contribution in [0.25, 0.3) is 186 Å². The molecular formula is C91H58O2. The van der Waals surface area contributed by atoms with Gasteiger partial charge in [0.1, 0.15) is 22.3 Å². The van der Waals surface area contributed by atoms with Gasteiger partial charge in [-0.25, -0.2) is 0 Å². The summed E-state index contributed by atoms with van der Waals surface area (Å²) in [5.41, 5.74) is 21.0. The van der Waals surface area contributed by atoms with Crippen molar-refractivity contribution in [1.29, 1.82) is 0 Å². The summed E-state index contributed by atoms with van der Waals surface area (Å²) in [7, 11) is 0. The molecule has 1 aliphatic carbocycles. The molecule has 19 aromatic rings. The van der Waals surface area contributed by atoms with Crippen LogP contribution in [0.2, 0.25) is 0 Å². The Balaban J connectivity index is 0.000000133. The lowest BCUT2D eigenvalue weighted by Gasteiger charge is -2.23. The maximum absolute atomic E-state index is 6.87. The van der Waals surface area contributed by atoms with Crippen LogP contribution < -0.4 is 0 Å². The van der Waals surface area contributed by atoms with Crippen LogP contribution in [0.15, 0.2) is 324 Å². The Morgan fingerprint density at radius 1 is 0.215 bits per heavy atom. The van der Waals surface area contributed by atoms with Crippen LogP contribution in [-0.4, -0.2) is 0 Å². The summed E-state index contributed by atoms with van der Waals surface area (Å²) in [6, 6.07) is 115. The third-order valence-electron chi connectivity index (χ3n) is 20.3. The minimum atomic E-state index is -0.162. The van der Waals surface area contributed by atoms with Crippen molar-refractivity contribution in [2.75, 3.05) is 0 Å². The van der Waals surface area contributed by atoms with Crippen LogP contribution in [0.5, 0.6) is 0 Å². The van der Waals surface area contributed by atoms with E-state index in [4.69, 9.17) is 8.83 Å². The van der Waals surface area contributed by atoms with E-state index >= 15 is 0 Å². The molecule has 0 N–H and O–H groups in total. The van der Waals surface area contributed by atoms with Crippen molar-refractivity contribution < 1.29 is 8.83 Å². The molecule has 93 heavy (non-hydrogen) atoms. The molecule has 1 aliphatic rings. The van der Waals surface area contributed by atoms with Gasteiger partial charge in [-0.1, -0.05) is 287 Å². The topological polar surface area (TPSA) is 26.3 Å². The van der Waals surface area contributed by atoms with Crippen molar-refractivity contribution in [3.8, 4) is 66.8 Å². The van der Waals surface area contributed by atoms with E-state index in [0.29, 0.717) is 0 Å². The lowest BCUT2D eigenvalue weighted by atomic mass is 9.79. The number of fused-ring (bicyclic) bond motifs is 17. The summed E-state index contributed by atoms with van der Waals surface area (Å²) in [6.07, 6.45) is 0. The molecule has 0 bridgehead atoms. The second kappa shape index (κ2) is 20.6. The normalized spacial score (nSPS) is 12.7. The third-order valence-corrected chi connectivity index (χ3v) is 20.3. The smallest absolute Gasteiger partial charge is 0.144 e. The van der Waals surface area contributed by atoms with E-state index in [1.807, 2.05) is 0 Å². The molecule has 0 amide bonds. The lowest BCUT2D eigenvalue weighted by molar-refractivity contribution is 0.653. The third kappa shape index (κ3) is 8.08. The van der Waals surface area contributed by atoms with Gasteiger partial charge in [-0.15, -0.1) is 0 Å². The Morgan fingerprint density at radius 2 is 0.559 bits per heavy atom. The van der Waals surface area contributed by atoms with Crippen LogP contribution in [0.3, 0.4) is 0 Å². The van der Waals surface area contributed by atoms with Gasteiger partial charge in [0.15, 0.2) is 0 Å². The second-order valence-electron chi connectivity index (χ2n) is 25.7. The second-order valence-corrected chi connectivity index (χ2v) is 25.7. The number of hydrogen-bond acceptors (Lipinski definition) is 2. The Morgan fingerprint density at radius 3 is 1.04 bits per heavy atom. The first-order valence-electron chi connectivity index (χ1n) is 32.3. The molecule has 0 spiro atoms. The molecule has 2 aromatic heterocycles. The summed E-state index contributed by atoms with van der Waals surface area (Å²) >= 11 is 0. The number of hydrogen-bond donors (Lipinski definition) is 0. The first kappa shape index (κ1) is 53.0. The summed E-state index contributed by atoms with van der Waals surface area (Å²) in [5, 5.41) is 22.1. The highest BCUT2D eigenvalue weighted by atomic mass is 16.3. The monoisotopic (exact) mass is 1180 g/mol. The average molecular weight is 1180 g/mol. The van der Waals surface area contributed by atoms with Crippen molar-refractivity contribution in [1.82, 2.24) is 0 Å². The quantitative estimate of drug-likeness (QED) is 0.161. The summed E-state index contributed by atoms with van der Waals surface area (Å²) in [6.45, 7) is 4.71. The predicted octanol–water partition coefficient (Wildman–Crippen LogP) is 25.9. The van der Waals surface area contributed by atoms with Gasteiger partial charge in [0.25, 0.3) is 0 Å². The van der Waals surface area contributed by atoms with Crippen molar-refractivity contribution in [2.24, 2.45) is 0 Å². The standard InChI is InChI=1S/C46H28O.C45H30O/c1-3-13-31-27-33(23-21-29(31)11-1)35-25-26-41(45-40-19-9-10-20-42(40)47-46(35)45)44-38-17-7-5-15-36(38)43(37-16-6-8-18-39(37)44)34-24-22-30-12-2-4-14-32(30)28-34;1-45(2)37-21-11-9-19-34(37)43-38(45)26-36(42-35-20-10-12-22-39(35)46-44(42)43)41-32-17-7-5-15-30(32)40(31-16-6-8-18-33(31)41)29-24-23-27-13-3-4-14-28(27)25-29/h1-28H;3-26H,1-2H3. The van der Waals surface area contributed by atoms with Crippen molar-refractivity contribution in [2.45, 2.75) is 19.3 Å². The molecule has 2 heteroatoms. The zero-order valence-corrected chi connectivity index (χ0v) is 51.3. The fourth-order valence-electron chi connectivity index (χ4n) is 16.0.